The molecule has 1 amide bonds. The fourth-order valence-corrected chi connectivity index (χ4v) is 3.97. The number of likely N-dealkylation sites (tertiary alicyclic amines) is 1. The van der Waals surface area contributed by atoms with Crippen molar-refractivity contribution in [1.29, 1.82) is 0 Å². The molecular weight excluding hydrogens is 340 g/mol. The number of carbonyl (C=O) groups is 1. The second kappa shape index (κ2) is 6.99. The first kappa shape index (κ1) is 17.5. The van der Waals surface area contributed by atoms with Crippen LogP contribution in [0.4, 0.5) is 0 Å². The molecule has 2 aromatic carbocycles. The van der Waals surface area contributed by atoms with E-state index in [4.69, 9.17) is 9.47 Å². The third-order valence-electron chi connectivity index (χ3n) is 5.49. The number of carbonyl (C=O) groups excluding carboxylic acids is 1. The number of H-pyrrole nitrogens is 1. The SMILES string of the molecule is COc1ccc([C@@H]2CCCN2C(=O)c2[nH]c3ccc(OC)cc3c2C)cc1. The molecule has 27 heavy (non-hydrogen) atoms. The monoisotopic (exact) mass is 364 g/mol. The summed E-state index contributed by atoms with van der Waals surface area (Å²) in [7, 11) is 3.31. The Hall–Kier alpha value is -2.95. The molecule has 1 aromatic heterocycles. The minimum atomic E-state index is 0.0565. The van der Waals surface area contributed by atoms with Gasteiger partial charge in [0.05, 0.1) is 20.3 Å². The van der Waals surface area contributed by atoms with Crippen molar-refractivity contribution >= 4 is 16.8 Å². The number of amides is 1. The number of rotatable bonds is 4. The van der Waals surface area contributed by atoms with E-state index in [1.54, 1.807) is 14.2 Å². The van der Waals surface area contributed by atoms with Crippen molar-refractivity contribution in [1.82, 2.24) is 9.88 Å². The summed E-state index contributed by atoms with van der Waals surface area (Å²) in [5, 5.41) is 1.03. The second-order valence-corrected chi connectivity index (χ2v) is 6.97. The van der Waals surface area contributed by atoms with E-state index in [1.165, 1.54) is 0 Å². The van der Waals surface area contributed by atoms with Gasteiger partial charge in [-0.1, -0.05) is 12.1 Å². The van der Waals surface area contributed by atoms with Crippen LogP contribution in [-0.4, -0.2) is 36.6 Å². The van der Waals surface area contributed by atoms with Gasteiger partial charge in [0.15, 0.2) is 0 Å². The number of hydrogen-bond donors (Lipinski definition) is 1. The highest BCUT2D eigenvalue weighted by molar-refractivity contribution is 6.01. The Labute approximate surface area is 158 Å². The Morgan fingerprint density at radius 3 is 2.48 bits per heavy atom. The summed E-state index contributed by atoms with van der Waals surface area (Å²) in [5.74, 6) is 1.68. The number of aromatic amines is 1. The zero-order valence-electron chi connectivity index (χ0n) is 15.9. The molecule has 1 aliphatic rings. The molecule has 0 unspecified atom stereocenters. The number of methoxy groups -OCH3 is 2. The summed E-state index contributed by atoms with van der Waals surface area (Å²) in [5.41, 5.74) is 3.74. The van der Waals surface area contributed by atoms with Crippen molar-refractivity contribution in [2.24, 2.45) is 0 Å². The Morgan fingerprint density at radius 2 is 1.78 bits per heavy atom. The number of aromatic nitrogens is 1. The molecule has 1 saturated heterocycles. The number of benzene rings is 2. The van der Waals surface area contributed by atoms with Crippen LogP contribution in [0.2, 0.25) is 0 Å². The molecule has 1 aliphatic heterocycles. The molecule has 0 spiro atoms. The molecule has 0 saturated carbocycles. The Bertz CT molecular complexity index is 975. The van der Waals surface area contributed by atoms with Gasteiger partial charge in [-0.15, -0.1) is 0 Å². The molecule has 4 rings (SSSR count). The van der Waals surface area contributed by atoms with Gasteiger partial charge in [0.2, 0.25) is 0 Å². The van der Waals surface area contributed by atoms with Gasteiger partial charge >= 0.3 is 0 Å². The first-order valence-electron chi connectivity index (χ1n) is 9.23. The van der Waals surface area contributed by atoms with E-state index in [-0.39, 0.29) is 11.9 Å². The smallest absolute Gasteiger partial charge is 0.271 e. The highest BCUT2D eigenvalue weighted by Gasteiger charge is 2.32. The standard InChI is InChI=1S/C22H24N2O3/c1-14-18-13-17(27-3)10-11-19(18)23-21(14)22(25)24-12-4-5-20(24)15-6-8-16(26-2)9-7-15/h6-11,13,20,23H,4-5,12H2,1-3H3/t20-/m0/s1. The zero-order chi connectivity index (χ0) is 19.0. The summed E-state index contributed by atoms with van der Waals surface area (Å²) < 4.78 is 10.6. The van der Waals surface area contributed by atoms with Crippen LogP contribution in [0.5, 0.6) is 11.5 Å². The maximum Gasteiger partial charge on any atom is 0.271 e. The van der Waals surface area contributed by atoms with Crippen molar-refractivity contribution in [3.05, 3.63) is 59.3 Å². The van der Waals surface area contributed by atoms with Gasteiger partial charge in [-0.25, -0.2) is 0 Å². The summed E-state index contributed by atoms with van der Waals surface area (Å²) in [6.45, 7) is 2.76. The van der Waals surface area contributed by atoms with Gasteiger partial charge in [-0.2, -0.15) is 0 Å². The lowest BCUT2D eigenvalue weighted by atomic mass is 10.0. The van der Waals surface area contributed by atoms with E-state index in [0.717, 1.165) is 52.9 Å². The molecule has 0 radical (unpaired) electrons. The van der Waals surface area contributed by atoms with Gasteiger partial charge in [0.25, 0.3) is 5.91 Å². The van der Waals surface area contributed by atoms with Crippen LogP contribution >= 0.6 is 0 Å². The third-order valence-corrected chi connectivity index (χ3v) is 5.49. The maximum atomic E-state index is 13.3. The van der Waals surface area contributed by atoms with Crippen molar-refractivity contribution in [3.63, 3.8) is 0 Å². The van der Waals surface area contributed by atoms with E-state index < -0.39 is 0 Å². The summed E-state index contributed by atoms with van der Waals surface area (Å²) in [6, 6.07) is 14.0. The number of aryl methyl sites for hydroxylation is 1. The molecule has 1 fully saturated rings. The van der Waals surface area contributed by atoms with Crippen LogP contribution < -0.4 is 9.47 Å². The van der Waals surface area contributed by atoms with Crippen molar-refractivity contribution in [2.45, 2.75) is 25.8 Å². The Kier molecular flexibility index (Phi) is 4.52. The fourth-order valence-electron chi connectivity index (χ4n) is 3.97. The topological polar surface area (TPSA) is 54.6 Å². The van der Waals surface area contributed by atoms with Crippen LogP contribution in [0.25, 0.3) is 10.9 Å². The summed E-state index contributed by atoms with van der Waals surface area (Å²) in [6.07, 6.45) is 1.99. The molecule has 2 heterocycles. The number of hydrogen-bond acceptors (Lipinski definition) is 3. The number of ether oxygens (including phenoxy) is 2. The molecule has 1 atom stereocenters. The van der Waals surface area contributed by atoms with Gasteiger partial charge in [0.1, 0.15) is 17.2 Å². The highest BCUT2D eigenvalue weighted by atomic mass is 16.5. The molecular formula is C22H24N2O3. The lowest BCUT2D eigenvalue weighted by molar-refractivity contribution is 0.0730. The third kappa shape index (κ3) is 3.03. The second-order valence-electron chi connectivity index (χ2n) is 6.97. The largest absolute Gasteiger partial charge is 0.497 e. The summed E-state index contributed by atoms with van der Waals surface area (Å²) >= 11 is 0. The maximum absolute atomic E-state index is 13.3. The number of nitrogens with zero attached hydrogens (tertiary/aromatic N) is 1. The van der Waals surface area contributed by atoms with E-state index >= 15 is 0 Å². The van der Waals surface area contributed by atoms with Gasteiger partial charge in [-0.3, -0.25) is 4.79 Å². The van der Waals surface area contributed by atoms with Crippen LogP contribution in [0.3, 0.4) is 0 Å². The molecule has 5 nitrogen and oxygen atoms in total. The molecule has 0 aliphatic carbocycles. The van der Waals surface area contributed by atoms with Crippen LogP contribution in [0.15, 0.2) is 42.5 Å². The van der Waals surface area contributed by atoms with E-state index in [2.05, 4.69) is 17.1 Å². The molecule has 5 heteroatoms. The van der Waals surface area contributed by atoms with Crippen LogP contribution in [-0.2, 0) is 0 Å². The zero-order valence-corrected chi connectivity index (χ0v) is 15.9. The Morgan fingerprint density at radius 1 is 1.07 bits per heavy atom. The predicted molar refractivity (Wildman–Crippen MR) is 106 cm³/mol. The average Bonchev–Trinajstić information content (AvgIpc) is 3.32. The molecule has 140 valence electrons. The van der Waals surface area contributed by atoms with E-state index in [9.17, 15) is 4.79 Å². The van der Waals surface area contributed by atoms with Crippen LogP contribution in [0, 0.1) is 6.92 Å². The quantitative estimate of drug-likeness (QED) is 0.743. The van der Waals surface area contributed by atoms with Gasteiger partial charge < -0.3 is 19.4 Å². The lowest BCUT2D eigenvalue weighted by Gasteiger charge is -2.25. The predicted octanol–water partition coefficient (Wildman–Crippen LogP) is 4.47. The lowest BCUT2D eigenvalue weighted by Crippen LogP contribution is -2.31. The van der Waals surface area contributed by atoms with Gasteiger partial charge in [-0.05, 0) is 61.2 Å². The minimum Gasteiger partial charge on any atom is -0.497 e. The minimum absolute atomic E-state index is 0.0565. The normalized spacial score (nSPS) is 16.7. The fraction of sp³-hybridized carbons (Fsp3) is 0.318. The molecule has 0 bridgehead atoms. The van der Waals surface area contributed by atoms with Crippen molar-refractivity contribution < 1.29 is 14.3 Å². The highest BCUT2D eigenvalue weighted by Crippen LogP contribution is 2.35. The molecule has 1 N–H and O–H groups in total. The first-order valence-corrected chi connectivity index (χ1v) is 9.23. The average molecular weight is 364 g/mol. The van der Waals surface area contributed by atoms with E-state index in [0.29, 0.717) is 5.69 Å². The Balaban J connectivity index is 1.66. The summed E-state index contributed by atoms with van der Waals surface area (Å²) in [4.78, 5) is 18.6. The van der Waals surface area contributed by atoms with Crippen molar-refractivity contribution in [2.75, 3.05) is 20.8 Å². The first-order chi connectivity index (χ1) is 13.1. The molecule has 3 aromatic rings. The van der Waals surface area contributed by atoms with E-state index in [1.807, 2.05) is 42.2 Å². The van der Waals surface area contributed by atoms with Crippen molar-refractivity contribution in [3.8, 4) is 11.5 Å². The number of fused-ring (bicyclic) bond motifs is 1. The number of nitrogens with one attached hydrogen (secondary N) is 1. The van der Waals surface area contributed by atoms with Crippen LogP contribution in [0.1, 0.15) is 40.5 Å². The van der Waals surface area contributed by atoms with Gasteiger partial charge in [0, 0.05) is 17.4 Å².